The Labute approximate surface area is 219 Å². The van der Waals surface area contributed by atoms with Crippen molar-refractivity contribution in [2.75, 3.05) is 5.32 Å². The maximum atomic E-state index is 4.14. The van der Waals surface area contributed by atoms with Crippen molar-refractivity contribution in [1.82, 2.24) is 0 Å². The summed E-state index contributed by atoms with van der Waals surface area (Å²) in [6.45, 7) is 24.2. The Hall–Kier alpha value is 0.644. The molecule has 0 aromatic heterocycles. The maximum absolute atomic E-state index is 4.14. The van der Waals surface area contributed by atoms with Crippen molar-refractivity contribution in [2.45, 2.75) is 111 Å². The van der Waals surface area contributed by atoms with Gasteiger partial charge in [-0.1, -0.05) is 95.4 Å². The van der Waals surface area contributed by atoms with Crippen LogP contribution in [-0.2, 0) is 10.9 Å². The van der Waals surface area contributed by atoms with Crippen molar-refractivity contribution in [3.8, 4) is 0 Å². The van der Waals surface area contributed by atoms with E-state index in [2.05, 4.69) is 121 Å². The third-order valence-electron chi connectivity index (χ3n) is 6.72. The van der Waals surface area contributed by atoms with E-state index in [0.29, 0.717) is 22.1 Å². The number of hydrogen-bond donors (Lipinski definition) is 1. The summed E-state index contributed by atoms with van der Waals surface area (Å²) in [4.78, 5) is 0. The number of para-hydroxylation sites is 1. The molecule has 0 saturated heterocycles. The summed E-state index contributed by atoms with van der Waals surface area (Å²) in [5, 5.41) is 6.63. The molecule has 1 nitrogen and oxygen atoms in total. The van der Waals surface area contributed by atoms with Crippen LogP contribution in [0.2, 0.25) is 0 Å². The average molecular weight is 632 g/mol. The number of nitrogens with one attached hydrogen (secondary N) is 1. The average Bonchev–Trinajstić information content (AvgIpc) is 3.22. The van der Waals surface area contributed by atoms with E-state index >= 15 is 0 Å². The van der Waals surface area contributed by atoms with Gasteiger partial charge in [0.2, 0.25) is 0 Å². The molecule has 0 heterocycles. The number of fused-ring (bicyclic) bond motifs is 2. The van der Waals surface area contributed by atoms with Crippen molar-refractivity contribution in [1.29, 1.82) is 0 Å². The van der Waals surface area contributed by atoms with Gasteiger partial charge in [-0.05, 0) is 69.7 Å². The third-order valence-corrected chi connectivity index (χ3v) is 10.5. The summed E-state index contributed by atoms with van der Waals surface area (Å²) in [5.41, 5.74) is 5.98. The fraction of sp³-hybridized carbons (Fsp3) is 0.704. The Bertz CT molecular complexity index is 765. The van der Waals surface area contributed by atoms with Crippen molar-refractivity contribution in [3.63, 3.8) is 0 Å². The quantitative estimate of drug-likeness (QED) is 0.252. The van der Waals surface area contributed by atoms with E-state index in [4.69, 9.17) is 0 Å². The van der Waals surface area contributed by atoms with E-state index in [0.717, 1.165) is 11.8 Å². The standard InChI is InChI=1S/C27H44NP.2BrH.Ni/c1-17(2)21-12-11-13-22(18(3)4)24(21)28-23-19-14-15-20(16-19)25(23)29(26(5,6)7)27(8,9)10;;;/h11-13,17-20,28H,14-16H2,1-10H3;2*1H;/q;;;+2/p-2/t19-,20+;;;/m0.../s1. The molecule has 0 spiro atoms. The molecule has 0 unspecified atom stereocenters. The van der Waals surface area contributed by atoms with Crippen LogP contribution in [0, 0.1) is 11.8 Å². The number of allylic oxidation sites excluding steroid dienone is 2. The Morgan fingerprint density at radius 1 is 0.875 bits per heavy atom. The minimum atomic E-state index is -0.227. The molecule has 2 aliphatic rings. The zero-order chi connectivity index (χ0) is 24.4. The van der Waals surface area contributed by atoms with Crippen LogP contribution in [0.3, 0.4) is 0 Å². The molecule has 3 rings (SSSR count). The van der Waals surface area contributed by atoms with Gasteiger partial charge in [0, 0.05) is 11.4 Å². The molecular weight excluding hydrogens is 588 g/mol. The summed E-state index contributed by atoms with van der Waals surface area (Å²) >= 11 is 6.00. The molecule has 1 aromatic carbocycles. The van der Waals surface area contributed by atoms with Crippen LogP contribution >= 0.6 is 36.4 Å². The fourth-order valence-corrected chi connectivity index (χ4v) is 10.5. The number of halogens is 2. The van der Waals surface area contributed by atoms with Crippen LogP contribution < -0.4 is 5.32 Å². The van der Waals surface area contributed by atoms with Gasteiger partial charge in [-0.25, -0.2) is 0 Å². The van der Waals surface area contributed by atoms with E-state index < -0.39 is 0 Å². The molecule has 32 heavy (non-hydrogen) atoms. The third kappa shape index (κ3) is 6.65. The summed E-state index contributed by atoms with van der Waals surface area (Å²) < 4.78 is 0. The first-order chi connectivity index (χ1) is 14.7. The van der Waals surface area contributed by atoms with Crippen molar-refractivity contribution < 1.29 is 10.9 Å². The molecule has 1 aromatic rings. The van der Waals surface area contributed by atoms with E-state index in [1.807, 2.05) is 5.31 Å². The molecule has 2 aliphatic carbocycles. The molecule has 2 bridgehead atoms. The first-order valence-corrected chi connectivity index (χ1v) is 18.2. The Kier molecular flexibility index (Phi) is 10.5. The normalized spacial score (nSPS) is 21.1. The van der Waals surface area contributed by atoms with Gasteiger partial charge in [0.25, 0.3) is 0 Å². The van der Waals surface area contributed by atoms with E-state index in [1.54, 1.807) is 5.70 Å². The molecular formula is C27H44Br2NNiP. The number of benzene rings is 1. The SMILES string of the molecule is CC(C)c1cccc(C(C)C)c1NC1=C(P(C(C)(C)C)C(C)(C)C)[C@@H]2CC[C@H]1C2.[Br][Ni][Br]. The molecule has 0 radical (unpaired) electrons. The van der Waals surface area contributed by atoms with Gasteiger partial charge in [0.15, 0.2) is 0 Å². The van der Waals surface area contributed by atoms with Gasteiger partial charge in [0.05, 0.1) is 0 Å². The Morgan fingerprint density at radius 3 is 1.72 bits per heavy atom. The second-order valence-corrected chi connectivity index (χ2v) is 20.8. The molecule has 186 valence electrons. The topological polar surface area (TPSA) is 12.0 Å². The van der Waals surface area contributed by atoms with Crippen LogP contribution in [0.15, 0.2) is 29.2 Å². The van der Waals surface area contributed by atoms with Gasteiger partial charge in [-0.3, -0.25) is 0 Å². The van der Waals surface area contributed by atoms with E-state index in [1.165, 1.54) is 47.0 Å². The van der Waals surface area contributed by atoms with Gasteiger partial charge in [-0.15, -0.1) is 0 Å². The first-order valence-electron chi connectivity index (χ1n) is 12.0. The van der Waals surface area contributed by atoms with Gasteiger partial charge >= 0.3 is 39.3 Å². The van der Waals surface area contributed by atoms with Crippen LogP contribution in [0.4, 0.5) is 5.69 Å². The predicted molar refractivity (Wildman–Crippen MR) is 150 cm³/mol. The zero-order valence-electron chi connectivity index (χ0n) is 21.7. The van der Waals surface area contributed by atoms with Crippen LogP contribution in [0.5, 0.6) is 0 Å². The summed E-state index contributed by atoms with van der Waals surface area (Å²) in [5.74, 6) is 2.61. The molecule has 5 heteroatoms. The monoisotopic (exact) mass is 629 g/mol. The van der Waals surface area contributed by atoms with Crippen molar-refractivity contribution in [3.05, 3.63) is 40.3 Å². The fourth-order valence-electron chi connectivity index (χ4n) is 5.95. The van der Waals surface area contributed by atoms with E-state index in [9.17, 15) is 0 Å². The van der Waals surface area contributed by atoms with Crippen LogP contribution in [0.1, 0.15) is 111 Å². The van der Waals surface area contributed by atoms with Crippen molar-refractivity contribution >= 4 is 42.1 Å². The molecule has 1 saturated carbocycles. The second-order valence-electron chi connectivity index (χ2n) is 12.0. The number of hydrogen-bond acceptors (Lipinski definition) is 1. The van der Waals surface area contributed by atoms with Gasteiger partial charge in [-0.2, -0.15) is 0 Å². The first kappa shape index (κ1) is 28.9. The Balaban J connectivity index is 0.00000114. The second kappa shape index (κ2) is 11.6. The zero-order valence-corrected chi connectivity index (χ0v) is 26.7. The van der Waals surface area contributed by atoms with Crippen molar-refractivity contribution in [2.24, 2.45) is 11.8 Å². The van der Waals surface area contributed by atoms with Gasteiger partial charge < -0.3 is 5.32 Å². The molecule has 0 amide bonds. The van der Waals surface area contributed by atoms with Gasteiger partial charge in [0.1, 0.15) is 0 Å². The van der Waals surface area contributed by atoms with Crippen LogP contribution in [-0.4, -0.2) is 10.3 Å². The number of anilines is 1. The summed E-state index contributed by atoms with van der Waals surface area (Å²) in [6, 6.07) is 6.93. The predicted octanol–water partition coefficient (Wildman–Crippen LogP) is 10.8. The summed E-state index contributed by atoms with van der Waals surface area (Å²) in [7, 11) is 1.02. The molecule has 0 aliphatic heterocycles. The summed E-state index contributed by atoms with van der Waals surface area (Å²) in [6.07, 6.45) is 4.15. The number of rotatable bonds is 5. The molecule has 1 N–H and O–H groups in total. The molecule has 2 atom stereocenters. The minimum absolute atomic E-state index is 0.227. The van der Waals surface area contributed by atoms with E-state index in [-0.39, 0.29) is 7.92 Å². The molecule has 1 fully saturated rings. The Morgan fingerprint density at radius 2 is 1.31 bits per heavy atom. The van der Waals surface area contributed by atoms with Crippen LogP contribution in [0.25, 0.3) is 0 Å².